The van der Waals surface area contributed by atoms with Crippen LogP contribution in [0.2, 0.25) is 0 Å². The first-order chi connectivity index (χ1) is 12.0. The smallest absolute Gasteiger partial charge is 0.270 e. The quantitative estimate of drug-likeness (QED) is 0.836. The molecule has 0 bridgehead atoms. The number of piperazine rings is 1. The molecule has 25 heavy (non-hydrogen) atoms. The molecule has 1 aromatic heterocycles. The molecule has 1 saturated heterocycles. The van der Waals surface area contributed by atoms with Crippen molar-refractivity contribution in [1.29, 1.82) is 0 Å². The molecule has 2 aromatic rings. The van der Waals surface area contributed by atoms with Crippen molar-refractivity contribution in [2.75, 3.05) is 26.2 Å². The summed E-state index contributed by atoms with van der Waals surface area (Å²) in [5, 5.41) is 1.23. The van der Waals surface area contributed by atoms with Crippen molar-refractivity contribution in [3.05, 3.63) is 65.3 Å². The van der Waals surface area contributed by atoms with E-state index in [9.17, 15) is 13.2 Å². The number of carbonyl (C=O) groups is 1. The molecule has 1 aliphatic rings. The third-order valence-electron chi connectivity index (χ3n) is 4.28. The van der Waals surface area contributed by atoms with Crippen molar-refractivity contribution in [2.45, 2.75) is 0 Å². The van der Waals surface area contributed by atoms with Gasteiger partial charge in [-0.05, 0) is 23.8 Å². The lowest BCUT2D eigenvalue weighted by molar-refractivity contribution is 0.0689. The molecule has 1 aromatic carbocycles. The fourth-order valence-corrected chi connectivity index (χ4v) is 3.98. The fraction of sp³-hybridized carbons (Fsp3) is 0.278. The summed E-state index contributed by atoms with van der Waals surface area (Å²) < 4.78 is 28.1. The highest BCUT2D eigenvalue weighted by Gasteiger charge is 2.28. The van der Waals surface area contributed by atoms with Crippen LogP contribution in [0, 0.1) is 0 Å². The third-order valence-corrected chi connectivity index (χ3v) is 5.85. The van der Waals surface area contributed by atoms with E-state index in [1.165, 1.54) is 9.71 Å². The van der Waals surface area contributed by atoms with Crippen molar-refractivity contribution in [1.82, 2.24) is 13.8 Å². The standard InChI is InChI=1S/C18H21N3O3S/c1-19-10-5-8-17(19)18(22)20-11-13-21(14-12-20)25(23,24)15-9-16-6-3-2-4-7-16/h2-10,15H,11-14H2,1H3/b15-9+. The first-order valence-electron chi connectivity index (χ1n) is 8.11. The van der Waals surface area contributed by atoms with Crippen molar-refractivity contribution < 1.29 is 13.2 Å². The number of rotatable bonds is 4. The number of aromatic nitrogens is 1. The van der Waals surface area contributed by atoms with E-state index in [-0.39, 0.29) is 5.91 Å². The minimum atomic E-state index is -3.48. The van der Waals surface area contributed by atoms with Gasteiger partial charge >= 0.3 is 0 Å². The number of nitrogens with zero attached hydrogens (tertiary/aromatic N) is 3. The minimum Gasteiger partial charge on any atom is -0.347 e. The minimum absolute atomic E-state index is 0.0654. The molecular weight excluding hydrogens is 338 g/mol. The molecule has 1 amide bonds. The number of aryl methyl sites for hydroxylation is 1. The largest absolute Gasteiger partial charge is 0.347 e. The average molecular weight is 359 g/mol. The molecule has 2 heterocycles. The van der Waals surface area contributed by atoms with Crippen molar-refractivity contribution in [2.24, 2.45) is 7.05 Å². The first-order valence-corrected chi connectivity index (χ1v) is 9.61. The number of hydrogen-bond donors (Lipinski definition) is 0. The molecule has 0 N–H and O–H groups in total. The van der Waals surface area contributed by atoms with Gasteiger partial charge < -0.3 is 9.47 Å². The van der Waals surface area contributed by atoms with E-state index < -0.39 is 10.0 Å². The van der Waals surface area contributed by atoms with Crippen molar-refractivity contribution in [3.8, 4) is 0 Å². The van der Waals surface area contributed by atoms with Crippen LogP contribution in [0.1, 0.15) is 16.1 Å². The molecule has 0 saturated carbocycles. The number of benzene rings is 1. The predicted molar refractivity (Wildman–Crippen MR) is 97.3 cm³/mol. The SMILES string of the molecule is Cn1cccc1C(=O)N1CCN(S(=O)(=O)/C=C/c2ccccc2)CC1. The van der Waals surface area contributed by atoms with Gasteiger partial charge in [-0.15, -0.1) is 0 Å². The molecule has 1 fully saturated rings. The van der Waals surface area contributed by atoms with Crippen LogP contribution in [-0.2, 0) is 17.1 Å². The number of carbonyl (C=O) groups excluding carboxylic acids is 1. The third kappa shape index (κ3) is 4.00. The Kier molecular flexibility index (Phi) is 5.06. The molecule has 132 valence electrons. The summed E-state index contributed by atoms with van der Waals surface area (Å²) in [6.07, 6.45) is 3.42. The van der Waals surface area contributed by atoms with Crippen LogP contribution in [0.4, 0.5) is 0 Å². The van der Waals surface area contributed by atoms with Crippen LogP contribution in [0.5, 0.6) is 0 Å². The van der Waals surface area contributed by atoms with Gasteiger partial charge in [0, 0.05) is 44.8 Å². The van der Waals surface area contributed by atoms with Gasteiger partial charge in [-0.2, -0.15) is 4.31 Å². The van der Waals surface area contributed by atoms with Gasteiger partial charge in [0.25, 0.3) is 5.91 Å². The molecule has 1 aliphatic heterocycles. The van der Waals surface area contributed by atoms with E-state index in [2.05, 4.69) is 0 Å². The predicted octanol–water partition coefficient (Wildman–Crippen LogP) is 1.78. The summed E-state index contributed by atoms with van der Waals surface area (Å²) in [6, 6.07) is 12.9. The highest BCUT2D eigenvalue weighted by Crippen LogP contribution is 2.14. The summed E-state index contributed by atoms with van der Waals surface area (Å²) >= 11 is 0. The Balaban J connectivity index is 1.62. The summed E-state index contributed by atoms with van der Waals surface area (Å²) in [5.41, 5.74) is 1.45. The lowest BCUT2D eigenvalue weighted by Gasteiger charge is -2.33. The summed E-state index contributed by atoms with van der Waals surface area (Å²) in [7, 11) is -1.66. The maximum atomic E-state index is 12.5. The maximum absolute atomic E-state index is 12.5. The monoisotopic (exact) mass is 359 g/mol. The Morgan fingerprint density at radius 1 is 1.00 bits per heavy atom. The van der Waals surface area contributed by atoms with Crippen LogP contribution in [0.25, 0.3) is 6.08 Å². The van der Waals surface area contributed by atoms with Gasteiger partial charge in [-0.1, -0.05) is 30.3 Å². The second-order valence-corrected chi connectivity index (χ2v) is 7.77. The van der Waals surface area contributed by atoms with E-state index >= 15 is 0 Å². The van der Waals surface area contributed by atoms with E-state index in [4.69, 9.17) is 0 Å². The number of hydrogen-bond acceptors (Lipinski definition) is 3. The van der Waals surface area contributed by atoms with Crippen LogP contribution in [0.15, 0.2) is 54.1 Å². The van der Waals surface area contributed by atoms with Crippen molar-refractivity contribution >= 4 is 22.0 Å². The Morgan fingerprint density at radius 3 is 2.28 bits per heavy atom. The van der Waals surface area contributed by atoms with Gasteiger partial charge in [0.1, 0.15) is 5.69 Å². The van der Waals surface area contributed by atoms with E-state index in [0.29, 0.717) is 31.9 Å². The first kappa shape index (κ1) is 17.4. The van der Waals surface area contributed by atoms with Crippen molar-refractivity contribution in [3.63, 3.8) is 0 Å². The topological polar surface area (TPSA) is 62.6 Å². The molecule has 7 heteroatoms. The maximum Gasteiger partial charge on any atom is 0.270 e. The van der Waals surface area contributed by atoms with Gasteiger partial charge in [-0.25, -0.2) is 8.42 Å². The zero-order valence-electron chi connectivity index (χ0n) is 14.1. The normalized spacial score (nSPS) is 16.4. The molecule has 6 nitrogen and oxygen atoms in total. The van der Waals surface area contributed by atoms with E-state index in [0.717, 1.165) is 5.56 Å². The zero-order chi connectivity index (χ0) is 17.9. The molecule has 0 aliphatic carbocycles. The zero-order valence-corrected chi connectivity index (χ0v) is 14.9. The molecule has 0 unspecified atom stereocenters. The highest BCUT2D eigenvalue weighted by molar-refractivity contribution is 7.92. The second-order valence-electron chi connectivity index (χ2n) is 5.95. The molecular formula is C18H21N3O3S. The van der Waals surface area contributed by atoms with E-state index in [1.54, 1.807) is 21.6 Å². The summed E-state index contributed by atoms with van der Waals surface area (Å²) in [6.45, 7) is 1.39. The molecule has 0 spiro atoms. The lowest BCUT2D eigenvalue weighted by Crippen LogP contribution is -2.50. The number of amides is 1. The Morgan fingerprint density at radius 2 is 1.68 bits per heavy atom. The molecule has 0 atom stereocenters. The van der Waals surface area contributed by atoms with Gasteiger partial charge in [0.05, 0.1) is 0 Å². The van der Waals surface area contributed by atoms with Gasteiger partial charge in [0.2, 0.25) is 10.0 Å². The molecule has 0 radical (unpaired) electrons. The van der Waals surface area contributed by atoms with Crippen LogP contribution in [0.3, 0.4) is 0 Å². The van der Waals surface area contributed by atoms with E-state index in [1.807, 2.05) is 49.6 Å². The van der Waals surface area contributed by atoms with Gasteiger partial charge in [0.15, 0.2) is 0 Å². The Hall–Kier alpha value is -2.38. The average Bonchev–Trinajstić information content (AvgIpc) is 3.06. The summed E-state index contributed by atoms with van der Waals surface area (Å²) in [5.74, 6) is -0.0654. The van der Waals surface area contributed by atoms with Crippen LogP contribution < -0.4 is 0 Å². The molecule has 3 rings (SSSR count). The fourth-order valence-electron chi connectivity index (χ4n) is 2.81. The lowest BCUT2D eigenvalue weighted by atomic mass is 10.2. The van der Waals surface area contributed by atoms with Gasteiger partial charge in [-0.3, -0.25) is 4.79 Å². The van der Waals surface area contributed by atoms with Crippen LogP contribution >= 0.6 is 0 Å². The Bertz CT molecular complexity index is 864. The number of sulfonamides is 1. The summed E-state index contributed by atoms with van der Waals surface area (Å²) in [4.78, 5) is 14.2. The second kappa shape index (κ2) is 7.25. The highest BCUT2D eigenvalue weighted by atomic mass is 32.2. The Labute approximate surface area is 148 Å². The van der Waals surface area contributed by atoms with Crippen LogP contribution in [-0.4, -0.2) is 54.3 Å².